The predicted octanol–water partition coefficient (Wildman–Crippen LogP) is 5.32. The van der Waals surface area contributed by atoms with E-state index < -0.39 is 31.7 Å². The number of rotatable bonds is 17. The number of aliphatic imine (C=N–C) groups is 1. The number of amides is 1. The summed E-state index contributed by atoms with van der Waals surface area (Å²) in [6, 6.07) is 17.8. The lowest BCUT2D eigenvalue weighted by Crippen LogP contribution is -2.56. The van der Waals surface area contributed by atoms with E-state index >= 15 is 0 Å². The molecule has 1 amide bonds. The normalized spacial score (nSPS) is 20.5. The summed E-state index contributed by atoms with van der Waals surface area (Å²) in [6.07, 6.45) is 4.58. The summed E-state index contributed by atoms with van der Waals surface area (Å²) in [5.41, 5.74) is 6.60. The number of phosphoric ester groups is 1. The average molecular weight is 671 g/mol. The lowest BCUT2D eigenvalue weighted by Gasteiger charge is -2.29. The maximum Gasteiger partial charge on any atom is 0.551 e. The molecule has 2 aromatic rings. The second kappa shape index (κ2) is 16.7. The molecule has 0 saturated heterocycles. The third kappa shape index (κ3) is 10.1. The number of oxime groups is 1. The van der Waals surface area contributed by atoms with Crippen molar-refractivity contribution in [2.24, 2.45) is 15.9 Å². The van der Waals surface area contributed by atoms with Crippen molar-refractivity contribution in [1.29, 1.82) is 0 Å². The molecule has 2 aliphatic heterocycles. The van der Waals surface area contributed by atoms with E-state index in [1.807, 2.05) is 67.6 Å². The molecule has 0 aromatic heterocycles. The zero-order chi connectivity index (χ0) is 33.0. The third-order valence-electron chi connectivity index (χ3n) is 6.62. The van der Waals surface area contributed by atoms with Crippen LogP contribution in [0.3, 0.4) is 0 Å². The van der Waals surface area contributed by atoms with Gasteiger partial charge in [0.15, 0.2) is 5.66 Å². The summed E-state index contributed by atoms with van der Waals surface area (Å²) in [4.78, 5) is 17.9. The van der Waals surface area contributed by atoms with Crippen LogP contribution in [0.15, 0.2) is 107 Å². The van der Waals surface area contributed by atoms with Gasteiger partial charge in [0.2, 0.25) is 6.29 Å². The van der Waals surface area contributed by atoms with E-state index in [-0.39, 0.29) is 31.3 Å². The molecular formula is C32H39N4O8PS. The summed E-state index contributed by atoms with van der Waals surface area (Å²) in [5.74, 6) is 0.290. The van der Waals surface area contributed by atoms with Crippen LogP contribution in [-0.4, -0.2) is 52.1 Å². The number of nitrogens with one attached hydrogen (secondary N) is 1. The quantitative estimate of drug-likeness (QED) is 0.0868. The fourth-order valence-corrected chi connectivity index (χ4v) is 6.27. The van der Waals surface area contributed by atoms with Crippen LogP contribution in [0, 0.1) is 0 Å². The number of carbonyl (C=O) groups excluding carboxylic acids is 1. The minimum atomic E-state index is -4.18. The Balaban J connectivity index is 1.45. The molecule has 0 radical (unpaired) electrons. The summed E-state index contributed by atoms with van der Waals surface area (Å²) >= 11 is 1.20. The Morgan fingerprint density at radius 3 is 2.43 bits per heavy atom. The number of carbonyl (C=O) groups is 1. The topological polar surface area (TPSA) is 163 Å². The van der Waals surface area contributed by atoms with Gasteiger partial charge in [-0.3, -0.25) is 24.2 Å². The van der Waals surface area contributed by atoms with Gasteiger partial charge < -0.3 is 19.9 Å². The van der Waals surface area contributed by atoms with Gasteiger partial charge in [0, 0.05) is 17.9 Å². The summed E-state index contributed by atoms with van der Waals surface area (Å²) in [5, 5.41) is 17.4. The van der Waals surface area contributed by atoms with E-state index in [0.717, 1.165) is 11.1 Å². The number of phosphoric acid groups is 1. The molecule has 4 rings (SSSR count). The van der Waals surface area contributed by atoms with Crippen LogP contribution in [0.5, 0.6) is 0 Å². The minimum Gasteiger partial charge on any atom is -0.490 e. The standard InChI is InChI=1S/C32H39N4O8PS/c1-4-12-27(28-18-26(40-17-5-2)19-29(37)43-28)34-31(38)32(33)22-46-30(35-32)23(3)36-44-45(39,41-20-24-13-8-6-9-14-24)42-21-25-15-10-7-11-16-25/h5-11,13-16,18-19,27,29,37H,2,4,12,17,20-22,33H2,1,3H3,(H,34,38)/b36-23+/t27-,29?,32+/m1/s1. The number of hydrogen-bond donors (Lipinski definition) is 3. The van der Waals surface area contributed by atoms with Crippen molar-refractivity contribution in [2.45, 2.75) is 57.9 Å². The van der Waals surface area contributed by atoms with Crippen LogP contribution in [0.4, 0.5) is 0 Å². The number of hydrogen-bond acceptors (Lipinski definition) is 12. The van der Waals surface area contributed by atoms with Gasteiger partial charge in [0.25, 0.3) is 5.91 Å². The smallest absolute Gasteiger partial charge is 0.490 e. The van der Waals surface area contributed by atoms with Crippen LogP contribution in [0.2, 0.25) is 0 Å². The number of aliphatic hydroxyl groups is 1. The zero-order valence-electron chi connectivity index (χ0n) is 25.7. The number of aliphatic hydroxyl groups excluding tert-OH is 1. The first kappa shape index (κ1) is 35.1. The Morgan fingerprint density at radius 1 is 1.22 bits per heavy atom. The highest BCUT2D eigenvalue weighted by atomic mass is 32.2. The Morgan fingerprint density at radius 2 is 1.85 bits per heavy atom. The number of nitrogens with zero attached hydrogens (tertiary/aromatic N) is 2. The van der Waals surface area contributed by atoms with Gasteiger partial charge in [-0.15, -0.1) is 11.8 Å². The maximum absolute atomic E-state index is 13.6. The van der Waals surface area contributed by atoms with E-state index in [1.54, 1.807) is 19.1 Å². The Labute approximate surface area is 273 Å². The van der Waals surface area contributed by atoms with Crippen molar-refractivity contribution in [1.82, 2.24) is 5.32 Å². The van der Waals surface area contributed by atoms with Crippen molar-refractivity contribution in [3.8, 4) is 0 Å². The lowest BCUT2D eigenvalue weighted by atomic mass is 10.1. The molecule has 4 N–H and O–H groups in total. The molecule has 0 spiro atoms. The van der Waals surface area contributed by atoms with Crippen LogP contribution in [-0.2, 0) is 45.7 Å². The van der Waals surface area contributed by atoms with Gasteiger partial charge in [-0.1, -0.05) is 91.8 Å². The van der Waals surface area contributed by atoms with Gasteiger partial charge in [-0.05, 0) is 24.5 Å². The molecule has 2 aromatic carbocycles. The number of nitrogens with two attached hydrogens (primary N) is 1. The number of benzene rings is 2. The van der Waals surface area contributed by atoms with E-state index in [4.69, 9.17) is 28.9 Å². The largest absolute Gasteiger partial charge is 0.551 e. The second-order valence-electron chi connectivity index (χ2n) is 10.4. The van der Waals surface area contributed by atoms with Crippen molar-refractivity contribution >= 4 is 36.2 Å². The summed E-state index contributed by atoms with van der Waals surface area (Å²) in [6.45, 7) is 7.35. The lowest BCUT2D eigenvalue weighted by molar-refractivity contribution is -0.126. The van der Waals surface area contributed by atoms with Gasteiger partial charge >= 0.3 is 7.82 Å². The maximum atomic E-state index is 13.6. The van der Waals surface area contributed by atoms with Crippen molar-refractivity contribution in [3.05, 3.63) is 108 Å². The Bertz CT molecular complexity index is 1470. The molecule has 0 fully saturated rings. The van der Waals surface area contributed by atoms with Crippen LogP contribution in [0.1, 0.15) is 37.8 Å². The summed E-state index contributed by atoms with van der Waals surface area (Å²) in [7, 11) is -4.18. The van der Waals surface area contributed by atoms with Crippen LogP contribution >= 0.6 is 19.6 Å². The molecule has 46 heavy (non-hydrogen) atoms. The first-order valence-corrected chi connectivity index (χ1v) is 17.1. The van der Waals surface area contributed by atoms with Gasteiger partial charge in [-0.25, -0.2) is 9.56 Å². The fourth-order valence-electron chi connectivity index (χ4n) is 4.24. The first-order valence-electron chi connectivity index (χ1n) is 14.7. The monoisotopic (exact) mass is 670 g/mol. The molecule has 246 valence electrons. The van der Waals surface area contributed by atoms with E-state index in [9.17, 15) is 14.5 Å². The van der Waals surface area contributed by atoms with Crippen molar-refractivity contribution in [2.75, 3.05) is 12.4 Å². The highest BCUT2D eigenvalue weighted by Gasteiger charge is 2.41. The Kier molecular flexibility index (Phi) is 12.8. The highest BCUT2D eigenvalue weighted by molar-refractivity contribution is 8.16. The molecule has 12 nitrogen and oxygen atoms in total. The predicted molar refractivity (Wildman–Crippen MR) is 177 cm³/mol. The van der Waals surface area contributed by atoms with E-state index in [0.29, 0.717) is 29.4 Å². The van der Waals surface area contributed by atoms with Gasteiger partial charge in [0.1, 0.15) is 28.9 Å². The molecule has 2 aliphatic rings. The number of thioether (sulfide) groups is 1. The minimum absolute atomic E-state index is 0.0307. The molecule has 3 atom stereocenters. The number of allylic oxidation sites excluding steroid dienone is 1. The SMILES string of the molecule is C=CCOC1=CC(O)OC([C@@H](CCC)NC(=O)[C@]2(N)CSC(/C(C)=N/OP(=O)(OCc3ccccc3)OCc3ccccc3)=N2)=C1. The molecule has 0 aliphatic carbocycles. The molecular weight excluding hydrogens is 631 g/mol. The Hall–Kier alpha value is -3.71. The van der Waals surface area contributed by atoms with Gasteiger partial charge in [-0.2, -0.15) is 0 Å². The van der Waals surface area contributed by atoms with Crippen molar-refractivity contribution in [3.63, 3.8) is 0 Å². The van der Waals surface area contributed by atoms with E-state index in [1.165, 1.54) is 17.8 Å². The molecule has 0 bridgehead atoms. The second-order valence-corrected chi connectivity index (χ2v) is 12.9. The molecule has 2 heterocycles. The van der Waals surface area contributed by atoms with Crippen LogP contribution in [0.25, 0.3) is 0 Å². The van der Waals surface area contributed by atoms with E-state index in [2.05, 4.69) is 22.0 Å². The average Bonchev–Trinajstić information content (AvgIpc) is 3.48. The van der Waals surface area contributed by atoms with Crippen LogP contribution < -0.4 is 11.1 Å². The molecule has 1 unspecified atom stereocenters. The highest BCUT2D eigenvalue weighted by Crippen LogP contribution is 2.51. The fraction of sp³-hybridized carbons (Fsp3) is 0.344. The molecule has 14 heteroatoms. The first-order chi connectivity index (χ1) is 22.1. The summed E-state index contributed by atoms with van der Waals surface area (Å²) < 4.78 is 41.3. The third-order valence-corrected chi connectivity index (χ3v) is 9.03. The zero-order valence-corrected chi connectivity index (χ0v) is 27.5. The van der Waals surface area contributed by atoms with Crippen molar-refractivity contribution < 1.29 is 37.6 Å². The number of ether oxygens (including phenoxy) is 2. The molecule has 0 saturated carbocycles. The van der Waals surface area contributed by atoms with Gasteiger partial charge in [0.05, 0.1) is 19.3 Å².